The molecule has 1 aromatic heterocycles. The summed E-state index contributed by atoms with van der Waals surface area (Å²) in [5, 5.41) is 5.32. The molecule has 16 nitrogen and oxygen atoms in total. The second-order valence-electron chi connectivity index (χ2n) is 17.4. The number of carbonyl (C=O) groups excluding carboxylic acids is 4. The molecule has 336 valence electrons. The Labute approximate surface area is 350 Å². The average Bonchev–Trinajstić information content (AvgIpc) is 4.08. The molecule has 3 fully saturated rings. The van der Waals surface area contributed by atoms with Gasteiger partial charge in [0.05, 0.1) is 31.3 Å². The van der Waals surface area contributed by atoms with Crippen LogP contribution in [0.5, 0.6) is 11.6 Å². The first-order valence-electron chi connectivity index (χ1n) is 20.1. The van der Waals surface area contributed by atoms with Crippen LogP contribution in [-0.2, 0) is 40.1 Å². The van der Waals surface area contributed by atoms with Crippen LogP contribution in [0.25, 0.3) is 11.0 Å². The van der Waals surface area contributed by atoms with Crippen LogP contribution in [0.3, 0.4) is 0 Å². The van der Waals surface area contributed by atoms with Crippen molar-refractivity contribution in [3.8, 4) is 11.6 Å². The number of aromatic nitrogens is 2. The number of amides is 4. The van der Waals surface area contributed by atoms with Gasteiger partial charge in [-0.2, -0.15) is 13.2 Å². The molecular weight excluding hydrogens is 833 g/mol. The maximum absolute atomic E-state index is 15.0. The van der Waals surface area contributed by atoms with Crippen LogP contribution in [0.4, 0.5) is 22.4 Å². The molecule has 3 N–H and O–H groups in total. The molecule has 2 aliphatic heterocycles. The number of rotatable bonds is 10. The van der Waals surface area contributed by atoms with E-state index in [-0.39, 0.29) is 48.6 Å². The fourth-order valence-corrected chi connectivity index (χ4v) is 9.38. The number of alkyl halides is 4. The van der Waals surface area contributed by atoms with Gasteiger partial charge in [0, 0.05) is 31.4 Å². The molecule has 7 atom stereocenters. The Balaban J connectivity index is 1.41. The first kappa shape index (κ1) is 45.7. The molecule has 2 aromatic rings. The van der Waals surface area contributed by atoms with E-state index in [9.17, 15) is 45.2 Å². The quantitative estimate of drug-likeness (QED) is 0.225. The lowest BCUT2D eigenvalue weighted by Gasteiger charge is -2.34. The predicted molar refractivity (Wildman–Crippen MR) is 210 cm³/mol. The van der Waals surface area contributed by atoms with E-state index < -0.39 is 117 Å². The van der Waals surface area contributed by atoms with E-state index in [1.165, 1.54) is 32.4 Å². The topological polar surface area (TPSA) is 204 Å². The Hall–Kier alpha value is -4.79. The van der Waals surface area contributed by atoms with Crippen LogP contribution in [0.15, 0.2) is 30.4 Å². The van der Waals surface area contributed by atoms with Gasteiger partial charge in [0.1, 0.15) is 46.5 Å². The first-order chi connectivity index (χ1) is 28.5. The van der Waals surface area contributed by atoms with Crippen molar-refractivity contribution in [3.63, 3.8) is 0 Å². The van der Waals surface area contributed by atoms with Gasteiger partial charge in [0.2, 0.25) is 33.4 Å². The van der Waals surface area contributed by atoms with Crippen molar-refractivity contribution in [3.05, 3.63) is 36.0 Å². The Morgan fingerprint density at radius 2 is 1.79 bits per heavy atom. The van der Waals surface area contributed by atoms with Crippen LogP contribution >= 0.6 is 0 Å². The molecule has 2 aliphatic carbocycles. The zero-order valence-corrected chi connectivity index (χ0v) is 35.6. The molecule has 0 bridgehead atoms. The van der Waals surface area contributed by atoms with Crippen molar-refractivity contribution < 1.29 is 64.1 Å². The lowest BCUT2D eigenvalue weighted by molar-refractivity contribution is -0.143. The smallest absolute Gasteiger partial charge is 0.438 e. The van der Waals surface area contributed by atoms with Gasteiger partial charge in [0.15, 0.2) is 0 Å². The number of carbonyl (C=O) groups is 4. The maximum atomic E-state index is 15.0. The molecule has 0 unspecified atom stereocenters. The molecule has 2 saturated carbocycles. The molecule has 61 heavy (non-hydrogen) atoms. The third-order valence-electron chi connectivity index (χ3n) is 11.5. The second kappa shape index (κ2) is 17.2. The van der Waals surface area contributed by atoms with Gasteiger partial charge in [-0.15, -0.1) is 0 Å². The van der Waals surface area contributed by atoms with Crippen LogP contribution < -0.4 is 24.8 Å². The first-order valence-corrected chi connectivity index (χ1v) is 21.5. The zero-order valence-electron chi connectivity index (χ0n) is 34.8. The fourth-order valence-electron chi connectivity index (χ4n) is 7.95. The van der Waals surface area contributed by atoms with Crippen molar-refractivity contribution in [2.45, 2.75) is 113 Å². The Kier molecular flexibility index (Phi) is 12.9. The number of hydrogen-bond acceptors (Lipinski definition) is 12. The van der Waals surface area contributed by atoms with E-state index in [0.717, 1.165) is 4.90 Å². The third-order valence-corrected chi connectivity index (χ3v) is 13.7. The average molecular weight is 885 g/mol. The van der Waals surface area contributed by atoms with Gasteiger partial charge in [-0.3, -0.25) is 19.1 Å². The number of halogens is 4. The number of nitrogens with zero attached hydrogens (tertiary/aromatic N) is 3. The van der Waals surface area contributed by atoms with Gasteiger partial charge in [-0.1, -0.05) is 19.1 Å². The van der Waals surface area contributed by atoms with E-state index in [4.69, 9.17) is 18.9 Å². The second-order valence-corrected chi connectivity index (χ2v) is 19.5. The minimum atomic E-state index is -5.05. The van der Waals surface area contributed by atoms with Crippen LogP contribution in [0.1, 0.15) is 78.3 Å². The van der Waals surface area contributed by atoms with Crippen LogP contribution in [0, 0.1) is 17.8 Å². The van der Waals surface area contributed by atoms with Crippen molar-refractivity contribution in [1.29, 1.82) is 0 Å². The summed E-state index contributed by atoms with van der Waals surface area (Å²) in [6, 6.07) is 1.14. The van der Waals surface area contributed by atoms with E-state index in [2.05, 4.69) is 20.6 Å². The van der Waals surface area contributed by atoms with E-state index in [0.29, 0.717) is 19.3 Å². The number of methoxy groups -OCH3 is 2. The Morgan fingerprint density at radius 3 is 2.41 bits per heavy atom. The third kappa shape index (κ3) is 9.97. The van der Waals surface area contributed by atoms with E-state index in [1.54, 1.807) is 32.9 Å². The van der Waals surface area contributed by atoms with E-state index >= 15 is 0 Å². The fraction of sp³-hybridized carbons (Fsp3) is 0.650. The number of alkyl carbamates (subject to hydrolysis) is 1. The highest BCUT2D eigenvalue weighted by atomic mass is 32.2. The highest BCUT2D eigenvalue weighted by Crippen LogP contribution is 2.48. The summed E-state index contributed by atoms with van der Waals surface area (Å²) in [7, 11) is -1.73. The zero-order chi connectivity index (χ0) is 44.7. The standard InChI is InChI=1S/C40H52F4N6O10S/c1-22-9-7-8-10-24-18-39(24,35(53)49-61(55,56)38(21-41)13-14-38)48-32(51)29-17-26(59-33-31(40(42,43)44)45-27-12-11-25(58-6)16-28(27)46-33)19-50(29)34(52)30(23(15-22)20-57-5)47-36(54)60-37(2,3)4/h8,10-12,16,22-24,26,29-30H,7,9,13-15,17-21H2,1-6H3,(H,47,54)(H,48,51)(H,49,53)/b10-8-/t22-,23-,24-,26+,29-,30-,39-/m0/s1. The summed E-state index contributed by atoms with van der Waals surface area (Å²) in [5.74, 6) is -5.00. The molecule has 21 heteroatoms. The minimum absolute atomic E-state index is 0.00126. The van der Waals surface area contributed by atoms with Crippen LogP contribution in [0.2, 0.25) is 0 Å². The maximum Gasteiger partial charge on any atom is 0.438 e. The van der Waals surface area contributed by atoms with Crippen molar-refractivity contribution >= 4 is 44.9 Å². The number of fused-ring (bicyclic) bond motifs is 3. The molecule has 1 aromatic carbocycles. The Bertz CT molecular complexity index is 2160. The van der Waals surface area contributed by atoms with Crippen molar-refractivity contribution in [1.82, 2.24) is 30.2 Å². The highest BCUT2D eigenvalue weighted by molar-refractivity contribution is 7.91. The summed E-state index contributed by atoms with van der Waals surface area (Å²) < 4.78 is 106. The van der Waals surface area contributed by atoms with Gasteiger partial charge in [-0.05, 0) is 77.3 Å². The molecular formula is C40H52F4N6O10S. The summed E-state index contributed by atoms with van der Waals surface area (Å²) in [6.45, 7) is 5.08. The largest absolute Gasteiger partial charge is 0.497 e. The SMILES string of the molecule is COC[C@@H]1C[C@@H](C)CC/C=C\[C@H]2C[C@]2(C(=O)NS(=O)(=O)C2(CF)CC2)NC(=O)[C@@H]2C[C@@H](Oc3nc4cc(OC)ccc4nc3C(F)(F)F)CN2C(=O)[C@H]1NC(=O)OC(C)(C)C. The minimum Gasteiger partial charge on any atom is -0.497 e. The molecule has 6 rings (SSSR count). The molecule has 3 heterocycles. The molecule has 0 radical (unpaired) electrons. The Morgan fingerprint density at radius 1 is 1.07 bits per heavy atom. The number of nitrogens with one attached hydrogen (secondary N) is 3. The lowest BCUT2D eigenvalue weighted by atomic mass is 9.87. The number of ether oxygens (including phenoxy) is 4. The number of allylic oxidation sites excluding steroid dienone is 1. The van der Waals surface area contributed by atoms with Gasteiger partial charge < -0.3 is 34.5 Å². The highest BCUT2D eigenvalue weighted by Gasteiger charge is 2.64. The van der Waals surface area contributed by atoms with Gasteiger partial charge in [0.25, 0.3) is 5.91 Å². The van der Waals surface area contributed by atoms with Gasteiger partial charge in [-0.25, -0.2) is 27.6 Å². The normalized spacial score (nSPS) is 28.6. The van der Waals surface area contributed by atoms with Crippen LogP contribution in [-0.4, -0.2) is 115 Å². The number of sulfonamides is 1. The van der Waals surface area contributed by atoms with Crippen molar-refractivity contribution in [2.75, 3.05) is 34.0 Å². The lowest BCUT2D eigenvalue weighted by Crippen LogP contribution is -2.60. The molecule has 4 amide bonds. The molecule has 0 spiro atoms. The number of hydrogen-bond donors (Lipinski definition) is 3. The summed E-state index contributed by atoms with van der Waals surface area (Å²) >= 11 is 0. The summed E-state index contributed by atoms with van der Waals surface area (Å²) in [6.07, 6.45) is -2.89. The van der Waals surface area contributed by atoms with E-state index in [1.807, 2.05) is 11.6 Å². The van der Waals surface area contributed by atoms with Gasteiger partial charge >= 0.3 is 12.3 Å². The van der Waals surface area contributed by atoms with Crippen molar-refractivity contribution in [2.24, 2.45) is 17.8 Å². The predicted octanol–water partition coefficient (Wildman–Crippen LogP) is 4.36. The summed E-state index contributed by atoms with van der Waals surface area (Å²) in [4.78, 5) is 65.7. The summed E-state index contributed by atoms with van der Waals surface area (Å²) in [5.41, 5.74) is -4.40. The number of benzene rings is 1. The monoisotopic (exact) mass is 884 g/mol. The molecule has 4 aliphatic rings. The molecule has 1 saturated heterocycles.